The van der Waals surface area contributed by atoms with E-state index in [4.69, 9.17) is 4.42 Å². The van der Waals surface area contributed by atoms with Crippen LogP contribution in [0.2, 0.25) is 0 Å². The highest BCUT2D eigenvalue weighted by atomic mass is 16.3. The van der Waals surface area contributed by atoms with Crippen molar-refractivity contribution in [1.82, 2.24) is 9.88 Å². The maximum Gasteiger partial charge on any atom is 0.273 e. The van der Waals surface area contributed by atoms with Gasteiger partial charge < -0.3 is 4.42 Å². The Bertz CT molecular complexity index is 315. The molecule has 3 heteroatoms. The Morgan fingerprint density at radius 2 is 2.21 bits per heavy atom. The molecular formula is C11H14N2O. The third kappa shape index (κ3) is 2.61. The van der Waals surface area contributed by atoms with E-state index in [9.17, 15) is 0 Å². The van der Waals surface area contributed by atoms with Gasteiger partial charge in [-0.2, -0.15) is 0 Å². The van der Waals surface area contributed by atoms with E-state index < -0.39 is 0 Å². The molecule has 0 atom stereocenters. The molecule has 1 aromatic heterocycles. The smallest absolute Gasteiger partial charge is 0.273 e. The molecule has 74 valence electrons. The van der Waals surface area contributed by atoms with Gasteiger partial charge in [-0.15, -0.1) is 0 Å². The van der Waals surface area contributed by atoms with Crippen molar-refractivity contribution in [2.75, 3.05) is 19.6 Å². The summed E-state index contributed by atoms with van der Waals surface area (Å²) in [6.45, 7) is 3.20. The lowest BCUT2D eigenvalue weighted by Gasteiger charge is -2.23. The molecule has 2 heterocycles. The van der Waals surface area contributed by atoms with Crippen LogP contribution in [0.5, 0.6) is 0 Å². The number of aromatic nitrogens is 1. The molecule has 1 fully saturated rings. The molecular weight excluding hydrogens is 176 g/mol. The van der Waals surface area contributed by atoms with Crippen molar-refractivity contribution in [2.24, 2.45) is 0 Å². The molecule has 0 bridgehead atoms. The number of nitrogens with zero attached hydrogens (tertiary/aromatic N) is 2. The maximum absolute atomic E-state index is 5.02. The number of hydrogen-bond acceptors (Lipinski definition) is 3. The van der Waals surface area contributed by atoms with E-state index in [-0.39, 0.29) is 0 Å². The van der Waals surface area contributed by atoms with Gasteiger partial charge in [-0.3, -0.25) is 4.90 Å². The van der Waals surface area contributed by atoms with Gasteiger partial charge in [0.05, 0.1) is 12.7 Å². The lowest BCUT2D eigenvalue weighted by Crippen LogP contribution is -2.29. The van der Waals surface area contributed by atoms with Gasteiger partial charge >= 0.3 is 0 Å². The van der Waals surface area contributed by atoms with Crippen LogP contribution in [0.1, 0.15) is 25.2 Å². The van der Waals surface area contributed by atoms with Gasteiger partial charge in [-0.05, 0) is 31.9 Å². The Hall–Kier alpha value is -1.27. The van der Waals surface area contributed by atoms with Crippen LogP contribution >= 0.6 is 0 Å². The van der Waals surface area contributed by atoms with E-state index in [1.165, 1.54) is 32.4 Å². The molecule has 1 saturated heterocycles. The minimum Gasteiger partial charge on any atom is -0.439 e. The average Bonchev–Trinajstić information content (AvgIpc) is 2.72. The van der Waals surface area contributed by atoms with Gasteiger partial charge in [-0.1, -0.05) is 12.3 Å². The fraction of sp³-hybridized carbons (Fsp3) is 0.545. The monoisotopic (exact) mass is 190 g/mol. The first-order chi connectivity index (χ1) is 6.95. The Balaban J connectivity index is 1.80. The molecule has 1 aromatic rings. The molecule has 3 nitrogen and oxygen atoms in total. The number of rotatable bonds is 1. The van der Waals surface area contributed by atoms with E-state index in [1.807, 2.05) is 0 Å². The van der Waals surface area contributed by atoms with Crippen molar-refractivity contribution in [3.8, 4) is 11.8 Å². The van der Waals surface area contributed by atoms with Crippen LogP contribution in [-0.2, 0) is 0 Å². The van der Waals surface area contributed by atoms with Crippen molar-refractivity contribution < 1.29 is 4.42 Å². The van der Waals surface area contributed by atoms with Crippen molar-refractivity contribution in [2.45, 2.75) is 19.3 Å². The Morgan fingerprint density at radius 3 is 2.93 bits per heavy atom. The van der Waals surface area contributed by atoms with Crippen LogP contribution < -0.4 is 0 Å². The third-order valence-corrected chi connectivity index (χ3v) is 2.38. The zero-order valence-corrected chi connectivity index (χ0v) is 8.20. The third-order valence-electron chi connectivity index (χ3n) is 2.38. The molecule has 0 unspecified atom stereocenters. The highest BCUT2D eigenvalue weighted by molar-refractivity contribution is 5.17. The predicted molar refractivity (Wildman–Crippen MR) is 53.7 cm³/mol. The normalized spacial score (nSPS) is 17.4. The molecule has 1 aliphatic heterocycles. The minimum atomic E-state index is 0.516. The van der Waals surface area contributed by atoms with E-state index in [2.05, 4.69) is 21.7 Å². The fourth-order valence-electron chi connectivity index (χ4n) is 1.63. The lowest BCUT2D eigenvalue weighted by molar-refractivity contribution is 0.255. The standard InChI is InChI=1S/C11H14N2O/c1-2-7-13(8-3-1)9-4-5-11-12-6-10-14-11/h6,10H,1-3,7-9H2. The van der Waals surface area contributed by atoms with E-state index in [1.54, 1.807) is 12.5 Å². The summed E-state index contributed by atoms with van der Waals surface area (Å²) >= 11 is 0. The van der Waals surface area contributed by atoms with Crippen LogP contribution in [0.25, 0.3) is 0 Å². The summed E-state index contributed by atoms with van der Waals surface area (Å²) in [5.74, 6) is 6.50. The number of oxazole rings is 1. The molecule has 0 saturated carbocycles. The van der Waals surface area contributed by atoms with Crippen LogP contribution in [0, 0.1) is 11.8 Å². The summed E-state index contributed by atoms with van der Waals surface area (Å²) in [4.78, 5) is 6.31. The first-order valence-electron chi connectivity index (χ1n) is 5.06. The zero-order chi connectivity index (χ0) is 9.64. The second-order valence-corrected chi connectivity index (χ2v) is 3.48. The largest absolute Gasteiger partial charge is 0.439 e. The summed E-state index contributed by atoms with van der Waals surface area (Å²) in [6, 6.07) is 0. The fourth-order valence-corrected chi connectivity index (χ4v) is 1.63. The Kier molecular flexibility index (Phi) is 3.20. The maximum atomic E-state index is 5.02. The van der Waals surface area contributed by atoms with Gasteiger partial charge in [-0.25, -0.2) is 4.98 Å². The quantitative estimate of drug-likeness (QED) is 0.629. The summed E-state index contributed by atoms with van der Waals surface area (Å²) < 4.78 is 5.02. The Morgan fingerprint density at radius 1 is 1.36 bits per heavy atom. The Labute approximate surface area is 84.1 Å². The number of piperidine rings is 1. The van der Waals surface area contributed by atoms with Crippen LogP contribution in [0.15, 0.2) is 16.9 Å². The van der Waals surface area contributed by atoms with Crippen molar-refractivity contribution in [3.63, 3.8) is 0 Å². The van der Waals surface area contributed by atoms with Crippen molar-refractivity contribution >= 4 is 0 Å². The highest BCUT2D eigenvalue weighted by Crippen LogP contribution is 2.07. The topological polar surface area (TPSA) is 29.3 Å². The van der Waals surface area contributed by atoms with Crippen LogP contribution in [0.4, 0.5) is 0 Å². The SMILES string of the molecule is C(#Cc1ncco1)CN1CCCCC1. The van der Waals surface area contributed by atoms with E-state index >= 15 is 0 Å². The molecule has 2 rings (SSSR count). The molecule has 1 aliphatic rings. The second kappa shape index (κ2) is 4.83. The average molecular weight is 190 g/mol. The zero-order valence-electron chi connectivity index (χ0n) is 8.20. The van der Waals surface area contributed by atoms with Crippen LogP contribution in [-0.4, -0.2) is 29.5 Å². The molecule has 0 spiro atoms. The van der Waals surface area contributed by atoms with Gasteiger partial charge in [0.2, 0.25) is 0 Å². The van der Waals surface area contributed by atoms with Crippen molar-refractivity contribution in [3.05, 3.63) is 18.4 Å². The molecule has 0 aromatic carbocycles. The minimum absolute atomic E-state index is 0.516. The summed E-state index contributed by atoms with van der Waals surface area (Å²) in [5.41, 5.74) is 0. The van der Waals surface area contributed by atoms with E-state index in [0.29, 0.717) is 5.89 Å². The number of hydrogen-bond donors (Lipinski definition) is 0. The van der Waals surface area contributed by atoms with E-state index in [0.717, 1.165) is 6.54 Å². The molecule has 0 radical (unpaired) electrons. The first kappa shape index (κ1) is 9.29. The molecule has 0 aliphatic carbocycles. The van der Waals surface area contributed by atoms with Gasteiger partial charge in [0.25, 0.3) is 5.89 Å². The lowest BCUT2D eigenvalue weighted by atomic mass is 10.1. The number of likely N-dealkylation sites (tertiary alicyclic amines) is 1. The van der Waals surface area contributed by atoms with Crippen LogP contribution in [0.3, 0.4) is 0 Å². The van der Waals surface area contributed by atoms with Crippen molar-refractivity contribution in [1.29, 1.82) is 0 Å². The predicted octanol–water partition coefficient (Wildman–Crippen LogP) is 1.51. The first-order valence-corrected chi connectivity index (χ1v) is 5.06. The van der Waals surface area contributed by atoms with Gasteiger partial charge in [0.15, 0.2) is 0 Å². The van der Waals surface area contributed by atoms with Gasteiger partial charge in [0, 0.05) is 0 Å². The second-order valence-electron chi connectivity index (χ2n) is 3.48. The molecule has 14 heavy (non-hydrogen) atoms. The molecule has 0 N–H and O–H groups in total. The van der Waals surface area contributed by atoms with Gasteiger partial charge in [0.1, 0.15) is 6.26 Å². The summed E-state index contributed by atoms with van der Waals surface area (Å²) in [5, 5.41) is 0. The summed E-state index contributed by atoms with van der Waals surface area (Å²) in [6.07, 6.45) is 7.14. The highest BCUT2D eigenvalue weighted by Gasteiger charge is 2.07. The molecule has 0 amide bonds. The summed E-state index contributed by atoms with van der Waals surface area (Å²) in [7, 11) is 0.